The normalized spacial score (nSPS) is 15.4. The van der Waals surface area contributed by atoms with Gasteiger partial charge in [0, 0.05) is 16.7 Å². The maximum atomic E-state index is 13.2. The van der Waals surface area contributed by atoms with E-state index in [0.717, 1.165) is 29.7 Å². The van der Waals surface area contributed by atoms with E-state index in [-0.39, 0.29) is 16.9 Å². The summed E-state index contributed by atoms with van der Waals surface area (Å²) in [5, 5.41) is 11.4. The van der Waals surface area contributed by atoms with Gasteiger partial charge in [0.15, 0.2) is 5.65 Å². The summed E-state index contributed by atoms with van der Waals surface area (Å²) in [5.41, 5.74) is 4.03. The molecule has 1 fully saturated rings. The Morgan fingerprint density at radius 1 is 1.11 bits per heavy atom. The molecule has 1 N–H and O–H groups in total. The Balaban J connectivity index is 1.72. The summed E-state index contributed by atoms with van der Waals surface area (Å²) in [7, 11) is 0. The average Bonchev–Trinajstić information content (AvgIpc) is 3.07. The highest BCUT2D eigenvalue weighted by Gasteiger charge is 2.44. The molecule has 7 nitrogen and oxygen atoms in total. The van der Waals surface area contributed by atoms with Crippen molar-refractivity contribution in [1.82, 2.24) is 24.8 Å². The summed E-state index contributed by atoms with van der Waals surface area (Å²) in [4.78, 5) is 17.9. The van der Waals surface area contributed by atoms with Crippen LogP contribution in [0.4, 0.5) is 0 Å². The van der Waals surface area contributed by atoms with E-state index in [2.05, 4.69) is 22.2 Å². The van der Waals surface area contributed by atoms with Gasteiger partial charge in [-0.25, -0.2) is 9.50 Å². The van der Waals surface area contributed by atoms with Crippen LogP contribution >= 0.6 is 0 Å². The fraction of sp³-hybridized carbons (Fsp3) is 0.300. The Kier molecular flexibility index (Phi) is 3.19. The quantitative estimate of drug-likeness (QED) is 0.604. The lowest BCUT2D eigenvalue weighted by Gasteiger charge is -2.04. The van der Waals surface area contributed by atoms with Crippen molar-refractivity contribution in [3.05, 3.63) is 58.0 Å². The molecular weight excluding hydrogens is 342 g/mol. The molecule has 1 aliphatic rings. The van der Waals surface area contributed by atoms with E-state index in [4.69, 9.17) is 9.40 Å². The Labute approximate surface area is 155 Å². The topological polar surface area (TPSA) is 89.1 Å². The number of hydrogen-bond acceptors (Lipinski definition) is 5. The lowest BCUT2D eigenvalue weighted by molar-refractivity contribution is 0.458. The molecule has 0 spiro atoms. The molecule has 0 amide bonds. The highest BCUT2D eigenvalue weighted by molar-refractivity contribution is 5.80. The Hall–Kier alpha value is -3.22. The van der Waals surface area contributed by atoms with Crippen molar-refractivity contribution in [1.29, 1.82) is 0 Å². The third kappa shape index (κ3) is 2.34. The van der Waals surface area contributed by atoms with Gasteiger partial charge in [-0.1, -0.05) is 37.3 Å². The van der Waals surface area contributed by atoms with Gasteiger partial charge in [-0.3, -0.25) is 9.89 Å². The van der Waals surface area contributed by atoms with Crippen LogP contribution in [0.3, 0.4) is 0 Å². The molecule has 1 aromatic carbocycles. The molecule has 136 valence electrons. The first-order valence-corrected chi connectivity index (χ1v) is 9.00. The van der Waals surface area contributed by atoms with Crippen LogP contribution in [0.15, 0.2) is 39.5 Å². The third-order valence-corrected chi connectivity index (χ3v) is 5.36. The van der Waals surface area contributed by atoms with Crippen molar-refractivity contribution in [2.24, 2.45) is 0 Å². The van der Waals surface area contributed by atoms with Crippen LogP contribution in [0.2, 0.25) is 0 Å². The molecule has 0 atom stereocenters. The summed E-state index contributed by atoms with van der Waals surface area (Å²) in [5.74, 6) is 0.824. The Morgan fingerprint density at radius 2 is 1.85 bits per heavy atom. The molecule has 0 saturated heterocycles. The van der Waals surface area contributed by atoms with Crippen LogP contribution in [0.1, 0.15) is 37.0 Å². The molecule has 3 heterocycles. The first kappa shape index (κ1) is 16.0. The number of benzene rings is 1. The smallest absolute Gasteiger partial charge is 0.285 e. The van der Waals surface area contributed by atoms with Crippen molar-refractivity contribution >= 4 is 5.65 Å². The number of nitrogens with one attached hydrogen (secondary N) is 1. The van der Waals surface area contributed by atoms with Crippen molar-refractivity contribution in [3.63, 3.8) is 0 Å². The summed E-state index contributed by atoms with van der Waals surface area (Å²) in [6.07, 6.45) is 2.06. The highest BCUT2D eigenvalue weighted by atomic mass is 16.4. The van der Waals surface area contributed by atoms with Crippen molar-refractivity contribution in [3.8, 4) is 22.6 Å². The first-order valence-electron chi connectivity index (χ1n) is 9.00. The fourth-order valence-electron chi connectivity index (χ4n) is 3.46. The molecular formula is C20H19N5O2. The summed E-state index contributed by atoms with van der Waals surface area (Å²) >= 11 is 0. The van der Waals surface area contributed by atoms with Crippen molar-refractivity contribution in [2.45, 2.75) is 39.0 Å². The van der Waals surface area contributed by atoms with E-state index < -0.39 is 0 Å². The summed E-state index contributed by atoms with van der Waals surface area (Å²) < 4.78 is 7.30. The minimum atomic E-state index is -0.237. The lowest BCUT2D eigenvalue weighted by Crippen LogP contribution is -2.19. The number of fused-ring (bicyclic) bond motifs is 1. The van der Waals surface area contributed by atoms with Crippen LogP contribution in [0.25, 0.3) is 28.2 Å². The SMILES string of the molecule is Cc1nc2c(-c3ccccc3)c(C)[nH]n2c(=O)c1-c1nnc(C2(C)CC2)o1. The van der Waals surface area contributed by atoms with E-state index >= 15 is 0 Å². The van der Waals surface area contributed by atoms with E-state index in [1.807, 2.05) is 37.3 Å². The molecule has 1 saturated carbocycles. The first-order chi connectivity index (χ1) is 13.0. The molecule has 0 unspecified atom stereocenters. The monoisotopic (exact) mass is 361 g/mol. The molecule has 5 rings (SSSR count). The maximum Gasteiger partial charge on any atom is 0.285 e. The van der Waals surface area contributed by atoms with Crippen LogP contribution in [0.5, 0.6) is 0 Å². The average molecular weight is 361 g/mol. The van der Waals surface area contributed by atoms with E-state index in [1.165, 1.54) is 4.52 Å². The lowest BCUT2D eigenvalue weighted by atomic mass is 10.1. The van der Waals surface area contributed by atoms with Gasteiger partial charge in [0.25, 0.3) is 11.4 Å². The van der Waals surface area contributed by atoms with Crippen LogP contribution in [0, 0.1) is 13.8 Å². The number of nitrogens with zero attached hydrogens (tertiary/aromatic N) is 4. The van der Waals surface area contributed by atoms with Crippen LogP contribution in [-0.2, 0) is 5.41 Å². The van der Waals surface area contributed by atoms with Crippen molar-refractivity contribution < 1.29 is 4.42 Å². The standard InChI is InChI=1S/C20H19N5O2/c1-11-15(17-22-23-19(27-17)20(3)9-10-20)18(26)25-16(21-11)14(12(2)24-25)13-7-5-4-6-8-13/h4-8,24H,9-10H2,1-3H3. The molecule has 3 aromatic heterocycles. The Bertz CT molecular complexity index is 1230. The van der Waals surface area contributed by atoms with Gasteiger partial charge >= 0.3 is 0 Å². The molecule has 27 heavy (non-hydrogen) atoms. The largest absolute Gasteiger partial charge is 0.420 e. The van der Waals surface area contributed by atoms with Crippen molar-refractivity contribution in [2.75, 3.05) is 0 Å². The number of rotatable bonds is 3. The minimum absolute atomic E-state index is 0.0453. The number of aromatic nitrogens is 5. The van der Waals surface area contributed by atoms with Gasteiger partial charge < -0.3 is 4.42 Å². The predicted molar refractivity (Wildman–Crippen MR) is 101 cm³/mol. The van der Waals surface area contributed by atoms with Gasteiger partial charge in [0.2, 0.25) is 5.89 Å². The molecule has 0 bridgehead atoms. The van der Waals surface area contributed by atoms with Gasteiger partial charge in [0.05, 0.1) is 5.69 Å². The summed E-state index contributed by atoms with van der Waals surface area (Å²) in [6, 6.07) is 9.91. The molecule has 4 aromatic rings. The maximum absolute atomic E-state index is 13.2. The second-order valence-corrected chi connectivity index (χ2v) is 7.49. The summed E-state index contributed by atoms with van der Waals surface area (Å²) in [6.45, 7) is 5.83. The second kappa shape index (κ2) is 5.39. The van der Waals surface area contributed by atoms with E-state index in [0.29, 0.717) is 22.8 Å². The zero-order chi connectivity index (χ0) is 18.8. The van der Waals surface area contributed by atoms with Crippen LogP contribution in [-0.4, -0.2) is 24.8 Å². The van der Waals surface area contributed by atoms with Gasteiger partial charge in [-0.2, -0.15) is 0 Å². The third-order valence-electron chi connectivity index (χ3n) is 5.36. The minimum Gasteiger partial charge on any atom is -0.420 e. The molecule has 7 heteroatoms. The predicted octanol–water partition coefficient (Wildman–Crippen LogP) is 3.41. The van der Waals surface area contributed by atoms with Gasteiger partial charge in [-0.05, 0) is 32.3 Å². The Morgan fingerprint density at radius 3 is 2.56 bits per heavy atom. The van der Waals surface area contributed by atoms with E-state index in [1.54, 1.807) is 6.92 Å². The zero-order valence-corrected chi connectivity index (χ0v) is 15.4. The zero-order valence-electron chi connectivity index (χ0n) is 15.4. The van der Waals surface area contributed by atoms with E-state index in [9.17, 15) is 4.79 Å². The number of hydrogen-bond donors (Lipinski definition) is 1. The highest BCUT2D eigenvalue weighted by Crippen LogP contribution is 2.47. The molecule has 0 aliphatic heterocycles. The number of H-pyrrole nitrogens is 1. The van der Waals surface area contributed by atoms with Gasteiger partial charge in [-0.15, -0.1) is 10.2 Å². The second-order valence-electron chi connectivity index (χ2n) is 7.49. The van der Waals surface area contributed by atoms with Crippen LogP contribution < -0.4 is 5.56 Å². The number of aromatic amines is 1. The van der Waals surface area contributed by atoms with Gasteiger partial charge in [0.1, 0.15) is 5.56 Å². The molecule has 1 aliphatic carbocycles. The molecule has 0 radical (unpaired) electrons. The number of aryl methyl sites for hydroxylation is 2. The fourth-order valence-corrected chi connectivity index (χ4v) is 3.46.